The van der Waals surface area contributed by atoms with Crippen molar-refractivity contribution in [1.82, 2.24) is 10.3 Å². The van der Waals surface area contributed by atoms with Gasteiger partial charge < -0.3 is 10.6 Å². The number of benzene rings is 1. The second kappa shape index (κ2) is 5.36. The molecule has 1 aromatic heterocycles. The van der Waals surface area contributed by atoms with Crippen molar-refractivity contribution in [3.8, 4) is 0 Å². The highest BCUT2D eigenvalue weighted by molar-refractivity contribution is 5.93. The molecule has 19 heavy (non-hydrogen) atoms. The number of para-hydroxylation sites is 1. The van der Waals surface area contributed by atoms with Crippen molar-refractivity contribution in [2.75, 3.05) is 18.4 Å². The Morgan fingerprint density at radius 1 is 1.26 bits per heavy atom. The van der Waals surface area contributed by atoms with Crippen LogP contribution in [0, 0.1) is 5.92 Å². The summed E-state index contributed by atoms with van der Waals surface area (Å²) < 4.78 is 0. The number of piperidine rings is 1. The van der Waals surface area contributed by atoms with E-state index in [9.17, 15) is 4.79 Å². The predicted octanol–water partition coefficient (Wildman–Crippen LogP) is 2.17. The lowest BCUT2D eigenvalue weighted by Gasteiger charge is -2.21. The monoisotopic (exact) mass is 255 g/mol. The second-order valence-corrected chi connectivity index (χ2v) is 4.92. The summed E-state index contributed by atoms with van der Waals surface area (Å²) in [5.74, 6) is 0.756. The van der Waals surface area contributed by atoms with Crippen LogP contribution in [0.2, 0.25) is 0 Å². The fourth-order valence-electron chi connectivity index (χ4n) is 2.44. The van der Waals surface area contributed by atoms with Gasteiger partial charge in [0.1, 0.15) is 5.82 Å². The molecule has 2 aromatic rings. The van der Waals surface area contributed by atoms with E-state index in [2.05, 4.69) is 15.6 Å². The molecule has 1 saturated heterocycles. The first-order valence-electron chi connectivity index (χ1n) is 6.70. The highest BCUT2D eigenvalue weighted by atomic mass is 16.2. The largest absolute Gasteiger partial charge is 0.316 e. The standard InChI is InChI=1S/C15H17N3O/c19-15(12-5-3-9-16-10-12)18-14-8-7-11-4-1-2-6-13(11)17-14/h1-2,4,6-8,12,16H,3,5,9-10H2,(H,17,18,19). The number of hydrogen-bond donors (Lipinski definition) is 2. The van der Waals surface area contributed by atoms with Crippen LogP contribution in [-0.2, 0) is 4.79 Å². The minimum Gasteiger partial charge on any atom is -0.316 e. The Kier molecular flexibility index (Phi) is 3.42. The Morgan fingerprint density at radius 3 is 3.00 bits per heavy atom. The molecule has 1 unspecified atom stereocenters. The van der Waals surface area contributed by atoms with E-state index in [1.54, 1.807) is 0 Å². The summed E-state index contributed by atoms with van der Waals surface area (Å²) in [6.45, 7) is 1.78. The molecule has 1 aliphatic heterocycles. The van der Waals surface area contributed by atoms with E-state index in [0.29, 0.717) is 5.82 Å². The molecule has 4 heteroatoms. The average Bonchev–Trinajstić information content (AvgIpc) is 2.48. The van der Waals surface area contributed by atoms with Crippen LogP contribution in [0.4, 0.5) is 5.82 Å². The van der Waals surface area contributed by atoms with Gasteiger partial charge in [-0.25, -0.2) is 4.98 Å². The Balaban J connectivity index is 1.75. The minimum atomic E-state index is 0.0574. The molecule has 2 heterocycles. The highest BCUT2D eigenvalue weighted by Crippen LogP contribution is 2.16. The van der Waals surface area contributed by atoms with Crippen LogP contribution in [-0.4, -0.2) is 24.0 Å². The van der Waals surface area contributed by atoms with Crippen molar-refractivity contribution >= 4 is 22.6 Å². The molecular weight excluding hydrogens is 238 g/mol. The molecule has 1 fully saturated rings. The SMILES string of the molecule is O=C(Nc1ccc2ccccc2n1)C1CCCNC1. The summed E-state index contributed by atoms with van der Waals surface area (Å²) in [4.78, 5) is 16.6. The molecule has 1 amide bonds. The maximum absolute atomic E-state index is 12.1. The van der Waals surface area contributed by atoms with Gasteiger partial charge in [0.05, 0.1) is 11.4 Å². The number of anilines is 1. The van der Waals surface area contributed by atoms with E-state index >= 15 is 0 Å². The smallest absolute Gasteiger partial charge is 0.229 e. The molecule has 2 N–H and O–H groups in total. The number of nitrogens with zero attached hydrogens (tertiary/aromatic N) is 1. The second-order valence-electron chi connectivity index (χ2n) is 4.92. The van der Waals surface area contributed by atoms with Gasteiger partial charge >= 0.3 is 0 Å². The van der Waals surface area contributed by atoms with Crippen LogP contribution in [0.5, 0.6) is 0 Å². The lowest BCUT2D eigenvalue weighted by atomic mass is 9.99. The zero-order valence-corrected chi connectivity index (χ0v) is 10.7. The molecule has 98 valence electrons. The zero-order valence-electron chi connectivity index (χ0n) is 10.7. The number of fused-ring (bicyclic) bond motifs is 1. The topological polar surface area (TPSA) is 54.0 Å². The Bertz CT molecular complexity index is 591. The Labute approximate surface area is 112 Å². The molecule has 0 bridgehead atoms. The third-order valence-corrected chi connectivity index (χ3v) is 3.52. The van der Waals surface area contributed by atoms with E-state index in [1.165, 1.54) is 0 Å². The highest BCUT2D eigenvalue weighted by Gasteiger charge is 2.21. The van der Waals surface area contributed by atoms with Crippen LogP contribution < -0.4 is 10.6 Å². The van der Waals surface area contributed by atoms with Crippen molar-refractivity contribution < 1.29 is 4.79 Å². The van der Waals surface area contributed by atoms with Crippen LogP contribution in [0.3, 0.4) is 0 Å². The van der Waals surface area contributed by atoms with Gasteiger partial charge in [-0.3, -0.25) is 4.79 Å². The third-order valence-electron chi connectivity index (χ3n) is 3.52. The van der Waals surface area contributed by atoms with Gasteiger partial charge in [0, 0.05) is 11.9 Å². The van der Waals surface area contributed by atoms with Gasteiger partial charge in [-0.15, -0.1) is 0 Å². The van der Waals surface area contributed by atoms with E-state index < -0.39 is 0 Å². The van der Waals surface area contributed by atoms with E-state index in [-0.39, 0.29) is 11.8 Å². The molecule has 4 nitrogen and oxygen atoms in total. The summed E-state index contributed by atoms with van der Waals surface area (Å²) >= 11 is 0. The molecule has 0 radical (unpaired) electrons. The van der Waals surface area contributed by atoms with Gasteiger partial charge in [-0.05, 0) is 37.6 Å². The summed E-state index contributed by atoms with van der Waals surface area (Å²) in [6.07, 6.45) is 2.01. The lowest BCUT2D eigenvalue weighted by molar-refractivity contribution is -0.120. The number of aromatic nitrogens is 1. The summed E-state index contributed by atoms with van der Waals surface area (Å²) in [5, 5.41) is 7.25. The van der Waals surface area contributed by atoms with E-state index in [0.717, 1.165) is 36.8 Å². The van der Waals surface area contributed by atoms with Crippen LogP contribution in [0.15, 0.2) is 36.4 Å². The average molecular weight is 255 g/mol. The number of amides is 1. The van der Waals surface area contributed by atoms with Crippen LogP contribution in [0.25, 0.3) is 10.9 Å². The molecule has 3 rings (SSSR count). The van der Waals surface area contributed by atoms with Gasteiger partial charge in [0.15, 0.2) is 0 Å². The summed E-state index contributed by atoms with van der Waals surface area (Å²) in [7, 11) is 0. The van der Waals surface area contributed by atoms with Gasteiger partial charge in [0.25, 0.3) is 0 Å². The number of hydrogen-bond acceptors (Lipinski definition) is 3. The van der Waals surface area contributed by atoms with E-state index in [1.807, 2.05) is 36.4 Å². The van der Waals surface area contributed by atoms with Crippen LogP contribution >= 0.6 is 0 Å². The number of carbonyl (C=O) groups excluding carboxylic acids is 1. The molecular formula is C15H17N3O. The van der Waals surface area contributed by atoms with Crippen molar-refractivity contribution in [1.29, 1.82) is 0 Å². The summed E-state index contributed by atoms with van der Waals surface area (Å²) in [5.41, 5.74) is 0.905. The van der Waals surface area contributed by atoms with Gasteiger partial charge in [0.2, 0.25) is 5.91 Å². The quantitative estimate of drug-likeness (QED) is 0.864. The molecule has 0 spiro atoms. The molecule has 1 atom stereocenters. The molecule has 0 saturated carbocycles. The zero-order chi connectivity index (χ0) is 13.1. The van der Waals surface area contributed by atoms with Crippen molar-refractivity contribution in [3.63, 3.8) is 0 Å². The molecule has 1 aliphatic rings. The van der Waals surface area contributed by atoms with Gasteiger partial charge in [-0.2, -0.15) is 0 Å². The van der Waals surface area contributed by atoms with Gasteiger partial charge in [-0.1, -0.05) is 18.2 Å². The third kappa shape index (κ3) is 2.74. The first-order chi connectivity index (χ1) is 9.33. The first-order valence-corrected chi connectivity index (χ1v) is 6.70. The number of rotatable bonds is 2. The lowest BCUT2D eigenvalue weighted by Crippen LogP contribution is -2.37. The summed E-state index contributed by atoms with van der Waals surface area (Å²) in [6, 6.07) is 11.7. The maximum atomic E-state index is 12.1. The fourth-order valence-corrected chi connectivity index (χ4v) is 2.44. The van der Waals surface area contributed by atoms with Crippen molar-refractivity contribution in [2.45, 2.75) is 12.8 Å². The first kappa shape index (κ1) is 12.1. The van der Waals surface area contributed by atoms with E-state index in [4.69, 9.17) is 0 Å². The minimum absolute atomic E-state index is 0.0574. The Hall–Kier alpha value is -1.94. The number of nitrogens with one attached hydrogen (secondary N) is 2. The fraction of sp³-hybridized carbons (Fsp3) is 0.333. The van der Waals surface area contributed by atoms with Crippen molar-refractivity contribution in [2.24, 2.45) is 5.92 Å². The number of pyridine rings is 1. The maximum Gasteiger partial charge on any atom is 0.229 e. The van der Waals surface area contributed by atoms with Crippen molar-refractivity contribution in [3.05, 3.63) is 36.4 Å². The van der Waals surface area contributed by atoms with Crippen LogP contribution in [0.1, 0.15) is 12.8 Å². The Morgan fingerprint density at radius 2 is 2.16 bits per heavy atom. The molecule has 0 aliphatic carbocycles. The molecule has 1 aromatic carbocycles. The normalized spacial score (nSPS) is 19.3. The predicted molar refractivity (Wildman–Crippen MR) is 76.0 cm³/mol. The number of carbonyl (C=O) groups is 1.